The first-order valence-corrected chi connectivity index (χ1v) is 39.0. The number of carbonyl (C=O) groups excluding carboxylic acids is 2. The maximum Gasteiger partial charge on any atom is 0.364 e. The summed E-state index contributed by atoms with van der Waals surface area (Å²) in [5.41, 5.74) is 0. The molecule has 23 heteroatoms. The number of rotatable bonds is 61. The standard InChI is InChI=1S/C75H140N2O21/c1-4-6-8-10-12-14-16-18-20-21-22-23-24-25-26-27-28-29-30-31-32-33-35-37-39-41-43-45-47-49-62(85)77-56(57(82)48-46-44-42-40-38-36-34-19-17-15-13-11-9-7-5-2)54-93-72-67(89)66(88)69(61(53-80)95-72)96-73-68(90)71(65(87)60(52-79)94-73)98-75(74(91)92)50-58(83)63(76-55(3)81)70(97-75)64(86)59(84)51-78/h25-26,56-61,63-73,78-80,82-84,86-90H,4-24,27-54H2,1-3H3,(H,76,81)(H,77,85)(H,91,92)/b26-25-. The number of carbonyl (C=O) groups is 3. The molecule has 14 N–H and O–H groups in total. The molecule has 0 aliphatic carbocycles. The average Bonchev–Trinajstić information content (AvgIpc) is 0.756. The maximum absolute atomic E-state index is 13.5. The van der Waals surface area contributed by atoms with Gasteiger partial charge in [0.1, 0.15) is 67.1 Å². The lowest BCUT2D eigenvalue weighted by atomic mass is 9.88. The summed E-state index contributed by atoms with van der Waals surface area (Å²) < 4.78 is 34.9. The van der Waals surface area contributed by atoms with Crippen molar-refractivity contribution in [2.24, 2.45) is 0 Å². The summed E-state index contributed by atoms with van der Waals surface area (Å²) in [6.45, 7) is 2.24. The van der Waals surface area contributed by atoms with E-state index in [9.17, 15) is 75.7 Å². The highest BCUT2D eigenvalue weighted by molar-refractivity contribution is 5.77. The molecule has 0 spiro atoms. The summed E-state index contributed by atoms with van der Waals surface area (Å²) in [7, 11) is 0. The number of aliphatic carboxylic acids is 1. The smallest absolute Gasteiger partial charge is 0.364 e. The number of ether oxygens (including phenoxy) is 6. The van der Waals surface area contributed by atoms with Crippen molar-refractivity contribution in [1.29, 1.82) is 0 Å². The first kappa shape index (κ1) is 89.7. The number of aliphatic hydroxyl groups is 11. The van der Waals surface area contributed by atoms with E-state index in [1.807, 2.05) is 0 Å². The normalized spacial score (nSPS) is 27.3. The number of carboxylic acid groups (broad SMARTS) is 1. The molecule has 0 radical (unpaired) electrons. The lowest BCUT2D eigenvalue weighted by Gasteiger charge is -2.50. The molecule has 0 aromatic heterocycles. The number of nitrogens with one attached hydrogen (secondary N) is 2. The molecule has 98 heavy (non-hydrogen) atoms. The van der Waals surface area contributed by atoms with Gasteiger partial charge in [0.2, 0.25) is 11.8 Å². The van der Waals surface area contributed by atoms with Gasteiger partial charge in [-0.2, -0.15) is 0 Å². The highest BCUT2D eigenvalue weighted by atomic mass is 16.8. The molecule has 0 bridgehead atoms. The zero-order valence-corrected chi connectivity index (χ0v) is 60.7. The van der Waals surface area contributed by atoms with Crippen molar-refractivity contribution in [3.8, 4) is 0 Å². The summed E-state index contributed by atoms with van der Waals surface area (Å²) in [6, 6.07) is -2.53. The molecule has 0 saturated carbocycles. The van der Waals surface area contributed by atoms with Gasteiger partial charge < -0.3 is 100 Å². The van der Waals surface area contributed by atoms with Gasteiger partial charge in [-0.1, -0.05) is 264 Å². The van der Waals surface area contributed by atoms with E-state index < -0.39 is 148 Å². The molecule has 18 unspecified atom stereocenters. The fraction of sp³-hybridized carbons (Fsp3) is 0.933. The Bertz CT molecular complexity index is 2010. The van der Waals surface area contributed by atoms with Gasteiger partial charge >= 0.3 is 5.97 Å². The van der Waals surface area contributed by atoms with E-state index in [0.717, 1.165) is 58.3 Å². The minimum atomic E-state index is -3.08. The predicted octanol–water partition coefficient (Wildman–Crippen LogP) is 9.41. The Morgan fingerprint density at radius 3 is 1.38 bits per heavy atom. The van der Waals surface area contributed by atoms with E-state index in [0.29, 0.717) is 19.3 Å². The average molecular weight is 1410 g/mol. The van der Waals surface area contributed by atoms with Gasteiger partial charge in [-0.3, -0.25) is 9.59 Å². The van der Waals surface area contributed by atoms with Crippen molar-refractivity contribution >= 4 is 17.8 Å². The fourth-order valence-electron chi connectivity index (χ4n) is 13.8. The number of hydrogen-bond donors (Lipinski definition) is 14. The minimum absolute atomic E-state index is 0.226. The molecule has 2 amide bonds. The van der Waals surface area contributed by atoms with E-state index in [2.05, 4.69) is 36.6 Å². The van der Waals surface area contributed by atoms with E-state index in [1.54, 1.807) is 0 Å². The Labute approximate surface area is 588 Å². The summed E-state index contributed by atoms with van der Waals surface area (Å²) in [5, 5.41) is 136. The van der Waals surface area contributed by atoms with Crippen LogP contribution in [-0.4, -0.2) is 215 Å². The second-order valence-corrected chi connectivity index (χ2v) is 28.6. The van der Waals surface area contributed by atoms with Gasteiger partial charge in [0.15, 0.2) is 12.6 Å². The van der Waals surface area contributed by atoms with Crippen LogP contribution in [0, 0.1) is 0 Å². The molecule has 576 valence electrons. The number of aliphatic hydroxyl groups excluding tert-OH is 11. The fourth-order valence-corrected chi connectivity index (χ4v) is 13.8. The molecule has 3 rings (SSSR count). The van der Waals surface area contributed by atoms with Gasteiger partial charge in [-0.15, -0.1) is 0 Å². The third-order valence-corrected chi connectivity index (χ3v) is 20.0. The SMILES string of the molecule is CCCCCCCCCCCCCC/C=C\CCCCCCCCCCCCCCCC(=O)NC(COC1OC(CO)C(OC2OC(CO)C(O)C(OC3(C(=O)O)CC(O)C(NC(C)=O)C(C(O)C(O)CO)O3)C2O)C(O)C1O)C(O)CCCCCCCCCCCCCCCCC. The van der Waals surface area contributed by atoms with Gasteiger partial charge in [-0.05, 0) is 38.5 Å². The lowest BCUT2D eigenvalue weighted by Crippen LogP contribution is -2.70. The van der Waals surface area contributed by atoms with Crippen LogP contribution in [0.15, 0.2) is 12.2 Å². The third kappa shape index (κ3) is 35.8. The molecular formula is C75H140N2O21. The van der Waals surface area contributed by atoms with E-state index in [4.69, 9.17) is 28.4 Å². The van der Waals surface area contributed by atoms with Crippen molar-refractivity contribution in [3.63, 3.8) is 0 Å². The molecular weight excluding hydrogens is 1260 g/mol. The maximum atomic E-state index is 13.5. The van der Waals surface area contributed by atoms with Crippen LogP contribution in [0.3, 0.4) is 0 Å². The molecule has 18 atom stereocenters. The molecule has 3 heterocycles. The van der Waals surface area contributed by atoms with Crippen molar-refractivity contribution in [2.45, 2.75) is 420 Å². The van der Waals surface area contributed by atoms with Gasteiger partial charge in [-0.25, -0.2) is 4.79 Å². The van der Waals surface area contributed by atoms with Gasteiger partial charge in [0, 0.05) is 19.8 Å². The largest absolute Gasteiger partial charge is 0.477 e. The lowest BCUT2D eigenvalue weighted by molar-refractivity contribution is -0.386. The van der Waals surface area contributed by atoms with E-state index in [-0.39, 0.29) is 18.9 Å². The van der Waals surface area contributed by atoms with Crippen LogP contribution >= 0.6 is 0 Å². The van der Waals surface area contributed by atoms with Crippen LogP contribution in [0.25, 0.3) is 0 Å². The van der Waals surface area contributed by atoms with Crippen molar-refractivity contribution in [3.05, 3.63) is 12.2 Å². The van der Waals surface area contributed by atoms with Crippen molar-refractivity contribution < 1.29 is 104 Å². The summed E-state index contributed by atoms with van der Waals surface area (Å²) in [6.07, 6.45) is 27.9. The Balaban J connectivity index is 1.49. The summed E-state index contributed by atoms with van der Waals surface area (Å²) >= 11 is 0. The first-order valence-electron chi connectivity index (χ1n) is 39.0. The monoisotopic (exact) mass is 1400 g/mol. The first-order chi connectivity index (χ1) is 47.4. The highest BCUT2D eigenvalue weighted by Crippen LogP contribution is 2.39. The molecule has 3 saturated heterocycles. The molecule has 0 aromatic rings. The van der Waals surface area contributed by atoms with Gasteiger partial charge in [0.25, 0.3) is 5.79 Å². The topological polar surface area (TPSA) is 373 Å². The number of allylic oxidation sites excluding steroid dienone is 2. The van der Waals surface area contributed by atoms with Gasteiger partial charge in [0.05, 0.1) is 50.7 Å². The number of carboxylic acids is 1. The van der Waals surface area contributed by atoms with Crippen LogP contribution < -0.4 is 10.6 Å². The third-order valence-electron chi connectivity index (χ3n) is 20.0. The van der Waals surface area contributed by atoms with Crippen LogP contribution in [0.5, 0.6) is 0 Å². The molecule has 3 aliphatic rings. The van der Waals surface area contributed by atoms with Crippen LogP contribution in [0.2, 0.25) is 0 Å². The second kappa shape index (κ2) is 55.0. The van der Waals surface area contributed by atoms with Crippen LogP contribution in [0.4, 0.5) is 0 Å². The van der Waals surface area contributed by atoms with Crippen molar-refractivity contribution in [1.82, 2.24) is 10.6 Å². The quantitative estimate of drug-likeness (QED) is 0.0199. The highest BCUT2D eigenvalue weighted by Gasteiger charge is 2.60. The second-order valence-electron chi connectivity index (χ2n) is 28.6. The Morgan fingerprint density at radius 1 is 0.520 bits per heavy atom. The zero-order valence-electron chi connectivity index (χ0n) is 60.7. The number of amides is 2. The molecule has 0 aromatic carbocycles. The predicted molar refractivity (Wildman–Crippen MR) is 375 cm³/mol. The zero-order chi connectivity index (χ0) is 71.8. The Morgan fingerprint density at radius 2 is 0.949 bits per heavy atom. The molecule has 3 fully saturated rings. The number of hydrogen-bond acceptors (Lipinski definition) is 20. The Hall–Kier alpha value is -2.53. The van der Waals surface area contributed by atoms with Crippen LogP contribution in [0.1, 0.15) is 310 Å². The van der Waals surface area contributed by atoms with Crippen molar-refractivity contribution in [2.75, 3.05) is 26.4 Å². The van der Waals surface area contributed by atoms with Crippen LogP contribution in [-0.2, 0) is 42.8 Å². The van der Waals surface area contributed by atoms with E-state index in [1.165, 1.54) is 205 Å². The Kier molecular flexibility index (Phi) is 50.4. The molecule has 3 aliphatic heterocycles. The van der Waals surface area contributed by atoms with E-state index >= 15 is 0 Å². The number of unbranched alkanes of at least 4 members (excludes halogenated alkanes) is 39. The minimum Gasteiger partial charge on any atom is -0.477 e. The summed E-state index contributed by atoms with van der Waals surface area (Å²) in [4.78, 5) is 38.6. The molecule has 23 nitrogen and oxygen atoms in total. The summed E-state index contributed by atoms with van der Waals surface area (Å²) in [5.74, 6) is -6.09.